The van der Waals surface area contributed by atoms with Crippen LogP contribution in [0.2, 0.25) is 0 Å². The molecule has 2 aromatic rings. The summed E-state index contributed by atoms with van der Waals surface area (Å²) in [4.78, 5) is 11.0. The minimum absolute atomic E-state index is 0.469. The van der Waals surface area contributed by atoms with E-state index in [-0.39, 0.29) is 0 Å². The lowest BCUT2D eigenvalue weighted by molar-refractivity contribution is -0.140. The maximum atomic E-state index is 11.0. The van der Waals surface area contributed by atoms with Crippen molar-refractivity contribution in [1.82, 2.24) is 20.2 Å². The summed E-state index contributed by atoms with van der Waals surface area (Å²) in [5, 5.41) is 20.2. The fourth-order valence-corrected chi connectivity index (χ4v) is 1.85. The van der Waals surface area contributed by atoms with E-state index in [2.05, 4.69) is 15.5 Å². The maximum Gasteiger partial charge on any atom is 0.328 e. The van der Waals surface area contributed by atoms with Crippen molar-refractivity contribution >= 4 is 5.97 Å². The Morgan fingerprint density at radius 1 is 1.28 bits per heavy atom. The van der Waals surface area contributed by atoms with Crippen molar-refractivity contribution in [1.29, 1.82) is 0 Å². The van der Waals surface area contributed by atoms with Crippen LogP contribution in [0.5, 0.6) is 0 Å². The van der Waals surface area contributed by atoms with Gasteiger partial charge in [0.1, 0.15) is 0 Å². The molecule has 0 aliphatic carbocycles. The van der Waals surface area contributed by atoms with Crippen LogP contribution in [0.1, 0.15) is 24.1 Å². The predicted octanol–water partition coefficient (Wildman–Crippen LogP) is 1.60. The molecule has 0 saturated heterocycles. The van der Waals surface area contributed by atoms with Crippen LogP contribution in [0.4, 0.5) is 0 Å². The molecule has 6 nitrogen and oxygen atoms in total. The van der Waals surface area contributed by atoms with Crippen LogP contribution < -0.4 is 0 Å². The number of carboxylic acids is 1. The van der Waals surface area contributed by atoms with Gasteiger partial charge in [-0.25, -0.2) is 9.48 Å². The number of tetrazole rings is 1. The first-order valence-electron chi connectivity index (χ1n) is 5.58. The zero-order valence-electron chi connectivity index (χ0n) is 10.5. The highest BCUT2D eigenvalue weighted by Gasteiger charge is 2.20. The van der Waals surface area contributed by atoms with E-state index >= 15 is 0 Å². The number of benzene rings is 1. The summed E-state index contributed by atoms with van der Waals surface area (Å²) in [6.07, 6.45) is 0. The quantitative estimate of drug-likeness (QED) is 0.889. The Balaban J connectivity index is 2.51. The molecule has 0 aliphatic rings. The van der Waals surface area contributed by atoms with Crippen molar-refractivity contribution in [3.63, 3.8) is 0 Å². The number of rotatable bonds is 3. The van der Waals surface area contributed by atoms with Crippen LogP contribution in [0.25, 0.3) is 11.4 Å². The molecular formula is C12H14N4O2. The zero-order chi connectivity index (χ0) is 13.3. The Morgan fingerprint density at radius 2 is 1.89 bits per heavy atom. The van der Waals surface area contributed by atoms with E-state index in [0.29, 0.717) is 5.82 Å². The molecule has 94 valence electrons. The van der Waals surface area contributed by atoms with Gasteiger partial charge >= 0.3 is 5.97 Å². The average molecular weight is 246 g/mol. The van der Waals surface area contributed by atoms with Gasteiger partial charge in [0.2, 0.25) is 0 Å². The van der Waals surface area contributed by atoms with Gasteiger partial charge in [0.25, 0.3) is 0 Å². The molecule has 1 atom stereocenters. The molecule has 18 heavy (non-hydrogen) atoms. The van der Waals surface area contributed by atoms with E-state index in [1.54, 1.807) is 6.92 Å². The van der Waals surface area contributed by atoms with E-state index in [1.165, 1.54) is 4.68 Å². The van der Waals surface area contributed by atoms with E-state index < -0.39 is 12.0 Å². The second-order valence-corrected chi connectivity index (χ2v) is 4.34. The lowest BCUT2D eigenvalue weighted by Gasteiger charge is -2.09. The molecule has 0 fully saturated rings. The lowest BCUT2D eigenvalue weighted by atomic mass is 10.1. The third kappa shape index (κ3) is 2.22. The Hall–Kier alpha value is -2.24. The van der Waals surface area contributed by atoms with Crippen LogP contribution in [0, 0.1) is 13.8 Å². The number of aryl methyl sites for hydroxylation is 2. The normalized spacial score (nSPS) is 12.4. The highest BCUT2D eigenvalue weighted by atomic mass is 16.4. The van der Waals surface area contributed by atoms with Gasteiger partial charge in [-0.15, -0.1) is 5.10 Å². The number of hydrogen-bond donors (Lipinski definition) is 1. The van der Waals surface area contributed by atoms with Gasteiger partial charge < -0.3 is 5.11 Å². The summed E-state index contributed by atoms with van der Waals surface area (Å²) in [6, 6.07) is 5.11. The molecule has 0 aliphatic heterocycles. The summed E-state index contributed by atoms with van der Waals surface area (Å²) >= 11 is 0. The highest BCUT2D eigenvalue weighted by molar-refractivity contribution is 5.72. The molecule has 0 radical (unpaired) electrons. The van der Waals surface area contributed by atoms with Crippen LogP contribution in [-0.4, -0.2) is 31.3 Å². The molecule has 1 unspecified atom stereocenters. The van der Waals surface area contributed by atoms with Gasteiger partial charge in [-0.1, -0.05) is 17.2 Å². The smallest absolute Gasteiger partial charge is 0.328 e. The van der Waals surface area contributed by atoms with Crippen LogP contribution in [0.15, 0.2) is 18.2 Å². The van der Waals surface area contributed by atoms with E-state index in [4.69, 9.17) is 5.11 Å². The molecule has 1 aromatic heterocycles. The molecule has 1 aromatic carbocycles. The number of aromatic nitrogens is 4. The maximum absolute atomic E-state index is 11.0. The standard InChI is InChI=1S/C12H14N4O2/c1-7-4-8(2)6-10(5-7)11-13-14-15-16(11)9(3)12(17)18/h4-6,9H,1-3H3,(H,17,18). The monoisotopic (exact) mass is 246 g/mol. The Morgan fingerprint density at radius 3 is 2.44 bits per heavy atom. The number of carbonyl (C=O) groups is 1. The first-order chi connectivity index (χ1) is 8.49. The summed E-state index contributed by atoms with van der Waals surface area (Å²) in [5.74, 6) is -0.496. The fraction of sp³-hybridized carbons (Fsp3) is 0.333. The van der Waals surface area contributed by atoms with Gasteiger partial charge in [0, 0.05) is 5.56 Å². The predicted molar refractivity (Wildman–Crippen MR) is 65.1 cm³/mol. The highest BCUT2D eigenvalue weighted by Crippen LogP contribution is 2.21. The van der Waals surface area contributed by atoms with Crippen molar-refractivity contribution < 1.29 is 9.90 Å². The van der Waals surface area contributed by atoms with Crippen LogP contribution in [-0.2, 0) is 4.79 Å². The number of hydrogen-bond acceptors (Lipinski definition) is 4. The van der Waals surface area contributed by atoms with Crippen LogP contribution >= 0.6 is 0 Å². The minimum atomic E-state index is -0.965. The van der Waals surface area contributed by atoms with Gasteiger partial charge in [-0.2, -0.15) is 0 Å². The van der Waals surface area contributed by atoms with Crippen LogP contribution in [0.3, 0.4) is 0 Å². The molecule has 0 bridgehead atoms. The van der Waals surface area contributed by atoms with Crippen molar-refractivity contribution in [2.45, 2.75) is 26.8 Å². The molecule has 0 saturated carbocycles. The largest absolute Gasteiger partial charge is 0.480 e. The summed E-state index contributed by atoms with van der Waals surface area (Å²) in [7, 11) is 0. The van der Waals surface area contributed by atoms with Gasteiger partial charge in [-0.05, 0) is 43.3 Å². The Labute approximate surface area is 104 Å². The second-order valence-electron chi connectivity index (χ2n) is 4.34. The summed E-state index contributed by atoms with van der Waals surface area (Å²) in [5.41, 5.74) is 3.00. The number of nitrogens with zero attached hydrogens (tertiary/aromatic N) is 4. The first kappa shape index (κ1) is 12.2. The lowest BCUT2D eigenvalue weighted by Crippen LogP contribution is -2.18. The van der Waals surface area contributed by atoms with Gasteiger partial charge in [0.05, 0.1) is 0 Å². The SMILES string of the molecule is Cc1cc(C)cc(-c2nnnn2C(C)C(=O)O)c1. The van der Waals surface area contributed by atoms with E-state index in [1.807, 2.05) is 32.0 Å². The molecule has 1 heterocycles. The molecule has 0 amide bonds. The number of aliphatic carboxylic acids is 1. The van der Waals surface area contributed by atoms with Crippen molar-refractivity contribution in [3.05, 3.63) is 29.3 Å². The van der Waals surface area contributed by atoms with Crippen molar-refractivity contribution in [2.24, 2.45) is 0 Å². The third-order valence-corrected chi connectivity index (χ3v) is 2.70. The molecule has 0 spiro atoms. The van der Waals surface area contributed by atoms with Gasteiger partial charge in [-0.3, -0.25) is 0 Å². The molecule has 2 rings (SSSR count). The third-order valence-electron chi connectivity index (χ3n) is 2.70. The van der Waals surface area contributed by atoms with E-state index in [0.717, 1.165) is 16.7 Å². The zero-order valence-corrected chi connectivity index (χ0v) is 10.5. The summed E-state index contributed by atoms with van der Waals surface area (Å²) < 4.78 is 1.32. The molecule has 6 heteroatoms. The van der Waals surface area contributed by atoms with Crippen molar-refractivity contribution in [3.8, 4) is 11.4 Å². The van der Waals surface area contributed by atoms with Gasteiger partial charge in [0.15, 0.2) is 11.9 Å². The second kappa shape index (κ2) is 4.56. The first-order valence-corrected chi connectivity index (χ1v) is 5.58. The topological polar surface area (TPSA) is 80.9 Å². The average Bonchev–Trinajstić information content (AvgIpc) is 2.75. The Bertz CT molecular complexity index is 571. The fourth-order valence-electron chi connectivity index (χ4n) is 1.85. The minimum Gasteiger partial charge on any atom is -0.480 e. The Kier molecular flexibility index (Phi) is 3.10. The van der Waals surface area contributed by atoms with Crippen molar-refractivity contribution in [2.75, 3.05) is 0 Å². The summed E-state index contributed by atoms with van der Waals surface area (Å²) in [6.45, 7) is 5.50. The molecule has 1 N–H and O–H groups in total. The van der Waals surface area contributed by atoms with E-state index in [9.17, 15) is 4.79 Å². The molecular weight excluding hydrogens is 232 g/mol. The number of carboxylic acid groups (broad SMARTS) is 1.